The first-order chi connectivity index (χ1) is 12.7. The van der Waals surface area contributed by atoms with Gasteiger partial charge in [0.2, 0.25) is 0 Å². The van der Waals surface area contributed by atoms with Crippen molar-refractivity contribution >= 4 is 12.2 Å². The molecule has 2 rings (SSSR count). The molecule has 1 fully saturated rings. The summed E-state index contributed by atoms with van der Waals surface area (Å²) in [5, 5.41) is 19.1. The summed E-state index contributed by atoms with van der Waals surface area (Å²) in [6.07, 6.45) is 1.54. The Kier molecular flexibility index (Phi) is 7.52. The smallest absolute Gasteiger partial charge is 0.351 e. The molecule has 0 aliphatic carbocycles. The first-order valence-electron chi connectivity index (χ1n) is 9.53. The Morgan fingerprint density at radius 2 is 2.00 bits per heavy atom. The monoisotopic (exact) mass is 380 g/mol. The van der Waals surface area contributed by atoms with Crippen molar-refractivity contribution in [1.82, 2.24) is 14.5 Å². The van der Waals surface area contributed by atoms with Crippen LogP contribution >= 0.6 is 0 Å². The second kappa shape index (κ2) is 9.43. The third-order valence-electron chi connectivity index (χ3n) is 4.34. The average molecular weight is 380 g/mol. The summed E-state index contributed by atoms with van der Waals surface area (Å²) in [6.45, 7) is 11.9. The highest BCUT2D eigenvalue weighted by Gasteiger charge is 2.35. The summed E-state index contributed by atoms with van der Waals surface area (Å²) in [6, 6.07) is 0. The number of nitrogens with zero attached hydrogens (tertiary/aromatic N) is 4. The van der Waals surface area contributed by atoms with Gasteiger partial charge in [-0.15, -0.1) is 0 Å². The van der Waals surface area contributed by atoms with Crippen LogP contribution in [0.25, 0.3) is 0 Å². The van der Waals surface area contributed by atoms with Gasteiger partial charge in [0.25, 0.3) is 0 Å². The molecule has 0 bridgehead atoms. The largest absolute Gasteiger partial charge is 0.394 e. The van der Waals surface area contributed by atoms with Gasteiger partial charge in [0.05, 0.1) is 19.0 Å². The van der Waals surface area contributed by atoms with E-state index in [1.807, 2.05) is 6.92 Å². The van der Waals surface area contributed by atoms with E-state index in [0.717, 1.165) is 18.7 Å². The summed E-state index contributed by atoms with van der Waals surface area (Å²) in [5.41, 5.74) is 0.258. The molecule has 8 nitrogen and oxygen atoms in total. The second-order valence-corrected chi connectivity index (χ2v) is 8.04. The van der Waals surface area contributed by atoms with Gasteiger partial charge in [-0.25, -0.2) is 9.79 Å². The van der Waals surface area contributed by atoms with E-state index >= 15 is 0 Å². The van der Waals surface area contributed by atoms with Crippen LogP contribution in [0.2, 0.25) is 0 Å². The fourth-order valence-electron chi connectivity index (χ4n) is 3.19. The van der Waals surface area contributed by atoms with Gasteiger partial charge in [-0.1, -0.05) is 27.7 Å². The standard InChI is InChI=1S/C19H32N4O4/c1-12(2)7-22(8-13(3)4)11-20-18-14(5)9-23(19(26)21-18)17-6-15(25)16(10-24)27-17/h9,11-13,15-17,24-25H,6-8,10H2,1-5H3/b20-11+. The Morgan fingerprint density at radius 3 is 2.52 bits per heavy atom. The van der Waals surface area contributed by atoms with Crippen molar-refractivity contribution in [3.63, 3.8) is 0 Å². The van der Waals surface area contributed by atoms with E-state index < -0.39 is 24.1 Å². The van der Waals surface area contributed by atoms with Gasteiger partial charge in [0, 0.05) is 31.3 Å². The van der Waals surface area contributed by atoms with Crippen LogP contribution in [0.15, 0.2) is 16.0 Å². The number of aliphatic hydroxyl groups is 2. The normalized spacial score (nSPS) is 23.1. The number of aliphatic imine (C=N–C) groups is 1. The van der Waals surface area contributed by atoms with E-state index in [4.69, 9.17) is 4.74 Å². The zero-order valence-electron chi connectivity index (χ0n) is 16.9. The maximum atomic E-state index is 12.4. The molecule has 1 aliphatic rings. The highest BCUT2D eigenvalue weighted by atomic mass is 16.5. The molecule has 0 spiro atoms. The molecule has 3 unspecified atom stereocenters. The zero-order chi connectivity index (χ0) is 20.1. The predicted octanol–water partition coefficient (Wildman–Crippen LogP) is 1.47. The molecule has 0 saturated carbocycles. The Hall–Kier alpha value is -1.77. The molecule has 27 heavy (non-hydrogen) atoms. The van der Waals surface area contributed by atoms with Gasteiger partial charge in [0.1, 0.15) is 12.3 Å². The maximum absolute atomic E-state index is 12.4. The zero-order valence-corrected chi connectivity index (χ0v) is 16.9. The van der Waals surface area contributed by atoms with E-state index in [9.17, 15) is 15.0 Å². The lowest BCUT2D eigenvalue weighted by atomic mass is 10.1. The van der Waals surface area contributed by atoms with Crippen molar-refractivity contribution in [1.29, 1.82) is 0 Å². The number of rotatable bonds is 8. The summed E-state index contributed by atoms with van der Waals surface area (Å²) >= 11 is 0. The van der Waals surface area contributed by atoms with Gasteiger partial charge < -0.3 is 19.8 Å². The number of hydrogen-bond acceptors (Lipinski definition) is 6. The highest BCUT2D eigenvalue weighted by Crippen LogP contribution is 2.28. The van der Waals surface area contributed by atoms with Gasteiger partial charge in [-0.2, -0.15) is 4.98 Å². The molecule has 152 valence electrons. The molecule has 2 N–H and O–H groups in total. The third kappa shape index (κ3) is 5.85. The minimum absolute atomic E-state index is 0.241. The first-order valence-corrected chi connectivity index (χ1v) is 9.53. The first kappa shape index (κ1) is 21.5. The average Bonchev–Trinajstić information content (AvgIpc) is 2.94. The quantitative estimate of drug-likeness (QED) is 0.523. The van der Waals surface area contributed by atoms with Crippen LogP contribution in [0.5, 0.6) is 0 Å². The molecular weight excluding hydrogens is 348 g/mol. The molecule has 1 aromatic heterocycles. The summed E-state index contributed by atoms with van der Waals surface area (Å²) in [4.78, 5) is 23.1. The van der Waals surface area contributed by atoms with Gasteiger partial charge in [-0.3, -0.25) is 4.57 Å². The van der Waals surface area contributed by atoms with Gasteiger partial charge in [0.15, 0.2) is 5.82 Å². The molecular formula is C19H32N4O4. The predicted molar refractivity (Wildman–Crippen MR) is 104 cm³/mol. The number of hydrogen-bond donors (Lipinski definition) is 2. The summed E-state index contributed by atoms with van der Waals surface area (Å²) in [7, 11) is 0. The van der Waals surface area contributed by atoms with Gasteiger partial charge >= 0.3 is 5.69 Å². The van der Waals surface area contributed by atoms with Crippen LogP contribution in [-0.4, -0.2) is 62.9 Å². The van der Waals surface area contributed by atoms with Crippen LogP contribution in [0, 0.1) is 18.8 Å². The van der Waals surface area contributed by atoms with Crippen molar-refractivity contribution in [2.45, 2.75) is 59.5 Å². The molecule has 3 atom stereocenters. The van der Waals surface area contributed by atoms with E-state index in [1.54, 1.807) is 12.5 Å². The van der Waals surface area contributed by atoms with E-state index in [0.29, 0.717) is 17.7 Å². The molecule has 1 aliphatic heterocycles. The third-order valence-corrected chi connectivity index (χ3v) is 4.34. The minimum Gasteiger partial charge on any atom is -0.394 e. The highest BCUT2D eigenvalue weighted by molar-refractivity contribution is 5.60. The SMILES string of the molecule is Cc1cn(C2CC(O)C(CO)O2)c(=O)nc1/N=C/N(CC(C)C)CC(C)C. The molecule has 2 heterocycles. The van der Waals surface area contributed by atoms with Crippen LogP contribution in [0.4, 0.5) is 5.82 Å². The lowest BCUT2D eigenvalue weighted by molar-refractivity contribution is -0.0459. The van der Waals surface area contributed by atoms with Gasteiger partial charge in [-0.05, 0) is 18.8 Å². The lowest BCUT2D eigenvalue weighted by Gasteiger charge is -2.23. The Bertz CT molecular complexity index is 691. The van der Waals surface area contributed by atoms with E-state index in [1.165, 1.54) is 4.57 Å². The van der Waals surface area contributed by atoms with Crippen molar-refractivity contribution in [3.05, 3.63) is 22.2 Å². The number of aliphatic hydroxyl groups excluding tert-OH is 2. The molecule has 0 radical (unpaired) electrons. The number of aryl methyl sites for hydroxylation is 1. The molecule has 1 saturated heterocycles. The summed E-state index contributed by atoms with van der Waals surface area (Å²) in [5.74, 6) is 1.39. The fraction of sp³-hybridized carbons (Fsp3) is 0.737. The summed E-state index contributed by atoms with van der Waals surface area (Å²) < 4.78 is 6.90. The number of aromatic nitrogens is 2. The fourth-order valence-corrected chi connectivity index (χ4v) is 3.19. The Labute approximate surface area is 160 Å². The van der Waals surface area contributed by atoms with Crippen molar-refractivity contribution in [2.24, 2.45) is 16.8 Å². The minimum atomic E-state index is -0.800. The van der Waals surface area contributed by atoms with Crippen LogP contribution in [0.1, 0.15) is 45.9 Å². The van der Waals surface area contributed by atoms with Crippen LogP contribution in [-0.2, 0) is 4.74 Å². The van der Waals surface area contributed by atoms with Crippen molar-refractivity contribution in [2.75, 3.05) is 19.7 Å². The van der Waals surface area contributed by atoms with Crippen LogP contribution < -0.4 is 5.69 Å². The topological polar surface area (TPSA) is 100 Å². The number of ether oxygens (including phenoxy) is 1. The van der Waals surface area contributed by atoms with E-state index in [-0.39, 0.29) is 13.0 Å². The molecule has 0 amide bonds. The molecule has 0 aromatic carbocycles. The maximum Gasteiger partial charge on any atom is 0.351 e. The van der Waals surface area contributed by atoms with Crippen molar-refractivity contribution < 1.29 is 14.9 Å². The molecule has 1 aromatic rings. The van der Waals surface area contributed by atoms with E-state index in [2.05, 4.69) is 42.6 Å². The Balaban J connectivity index is 2.19. The second-order valence-electron chi connectivity index (χ2n) is 8.04. The van der Waals surface area contributed by atoms with Crippen molar-refractivity contribution in [3.8, 4) is 0 Å². The Morgan fingerprint density at radius 1 is 1.37 bits per heavy atom. The lowest BCUT2D eigenvalue weighted by Crippen LogP contribution is -2.30. The molecule has 8 heteroatoms. The van der Waals surface area contributed by atoms with Crippen LogP contribution in [0.3, 0.4) is 0 Å².